The summed E-state index contributed by atoms with van der Waals surface area (Å²) in [5, 5.41) is 13.4. The molecule has 3 N–H and O–H groups in total. The summed E-state index contributed by atoms with van der Waals surface area (Å²) in [6, 6.07) is 2.97. The molecule has 0 bridgehead atoms. The fourth-order valence-electron chi connectivity index (χ4n) is 1.58. The molecule has 2 rings (SSSR count). The van der Waals surface area contributed by atoms with E-state index in [9.17, 15) is 9.50 Å². The molecule has 4 nitrogen and oxygen atoms in total. The lowest BCUT2D eigenvalue weighted by molar-refractivity contribution is 0.430. The van der Waals surface area contributed by atoms with Crippen LogP contribution in [0.3, 0.4) is 0 Å². The molecule has 16 heavy (non-hydrogen) atoms. The summed E-state index contributed by atoms with van der Waals surface area (Å²) < 4.78 is 14.7. The molecule has 84 valence electrons. The highest BCUT2D eigenvalue weighted by Crippen LogP contribution is 2.31. The molecule has 1 heterocycles. The van der Waals surface area contributed by atoms with E-state index in [1.165, 1.54) is 10.7 Å². The van der Waals surface area contributed by atoms with Crippen LogP contribution in [0.1, 0.15) is 5.56 Å². The van der Waals surface area contributed by atoms with Crippen molar-refractivity contribution in [3.8, 4) is 16.9 Å². The maximum atomic E-state index is 13.2. The molecule has 0 radical (unpaired) electrons. The number of nitrogen functional groups attached to an aromatic ring is 1. The summed E-state index contributed by atoms with van der Waals surface area (Å²) >= 11 is 0. The first-order valence-electron chi connectivity index (χ1n) is 4.77. The smallest absolute Gasteiger partial charge is 0.167 e. The number of aromatic nitrogens is 2. The van der Waals surface area contributed by atoms with E-state index in [1.54, 1.807) is 26.2 Å². The zero-order valence-corrected chi connectivity index (χ0v) is 9.03. The standard InChI is InChI=1S/C11H12FN3O/c1-6-3-7(4-9(16)10(6)12)8-5-14-15(2)11(8)13/h3-5,16H,13H2,1-2H3. The van der Waals surface area contributed by atoms with E-state index in [0.717, 1.165) is 0 Å². The largest absolute Gasteiger partial charge is 0.505 e. The molecular formula is C11H12FN3O. The van der Waals surface area contributed by atoms with Crippen molar-refractivity contribution >= 4 is 5.82 Å². The van der Waals surface area contributed by atoms with Crippen molar-refractivity contribution in [1.82, 2.24) is 9.78 Å². The molecule has 1 aromatic heterocycles. The summed E-state index contributed by atoms with van der Waals surface area (Å²) in [5.74, 6) is -0.505. The van der Waals surface area contributed by atoms with Gasteiger partial charge in [-0.1, -0.05) is 0 Å². The molecular weight excluding hydrogens is 209 g/mol. The Hall–Kier alpha value is -2.04. The quantitative estimate of drug-likeness (QED) is 0.772. The van der Waals surface area contributed by atoms with Gasteiger partial charge in [0.05, 0.1) is 6.20 Å². The van der Waals surface area contributed by atoms with Crippen LogP contribution in [0.4, 0.5) is 10.2 Å². The van der Waals surface area contributed by atoms with Gasteiger partial charge < -0.3 is 10.8 Å². The molecule has 0 saturated heterocycles. The van der Waals surface area contributed by atoms with Gasteiger partial charge in [-0.3, -0.25) is 4.68 Å². The van der Waals surface area contributed by atoms with E-state index in [2.05, 4.69) is 5.10 Å². The van der Waals surface area contributed by atoms with E-state index in [0.29, 0.717) is 22.5 Å². The van der Waals surface area contributed by atoms with Gasteiger partial charge in [-0.2, -0.15) is 5.10 Å². The number of aryl methyl sites for hydroxylation is 2. The predicted octanol–water partition coefficient (Wildman–Crippen LogP) is 1.82. The summed E-state index contributed by atoms with van der Waals surface area (Å²) in [6.45, 7) is 1.59. The van der Waals surface area contributed by atoms with E-state index >= 15 is 0 Å². The number of benzene rings is 1. The van der Waals surface area contributed by atoms with Crippen molar-refractivity contribution in [2.24, 2.45) is 7.05 Å². The summed E-state index contributed by atoms with van der Waals surface area (Å²) in [7, 11) is 1.72. The van der Waals surface area contributed by atoms with Crippen LogP contribution in [0, 0.1) is 12.7 Å². The Balaban J connectivity index is 2.61. The Morgan fingerprint density at radius 2 is 2.12 bits per heavy atom. The highest BCUT2D eigenvalue weighted by molar-refractivity contribution is 5.75. The third-order valence-corrected chi connectivity index (χ3v) is 2.53. The van der Waals surface area contributed by atoms with Crippen LogP contribution in [-0.2, 0) is 7.05 Å². The topological polar surface area (TPSA) is 64.1 Å². The van der Waals surface area contributed by atoms with Crippen LogP contribution in [0.2, 0.25) is 0 Å². The summed E-state index contributed by atoms with van der Waals surface area (Å²) in [4.78, 5) is 0. The Morgan fingerprint density at radius 3 is 2.62 bits per heavy atom. The Kier molecular flexibility index (Phi) is 2.30. The lowest BCUT2D eigenvalue weighted by Gasteiger charge is -2.05. The number of phenols is 1. The molecule has 1 aromatic carbocycles. The van der Waals surface area contributed by atoms with Gasteiger partial charge in [0.15, 0.2) is 11.6 Å². The number of halogens is 1. The van der Waals surface area contributed by atoms with Gasteiger partial charge in [-0.25, -0.2) is 4.39 Å². The molecule has 0 amide bonds. The fourth-order valence-corrected chi connectivity index (χ4v) is 1.58. The van der Waals surface area contributed by atoms with Crippen molar-refractivity contribution in [2.45, 2.75) is 6.92 Å². The maximum Gasteiger partial charge on any atom is 0.167 e. The minimum absolute atomic E-state index is 0.373. The molecule has 0 fully saturated rings. The monoisotopic (exact) mass is 221 g/mol. The predicted molar refractivity (Wildman–Crippen MR) is 59.4 cm³/mol. The summed E-state index contributed by atoms with van der Waals surface area (Å²) in [6.07, 6.45) is 1.58. The SMILES string of the molecule is Cc1cc(-c2cnn(C)c2N)cc(O)c1F. The Labute approximate surface area is 92.1 Å². The van der Waals surface area contributed by atoms with E-state index in [4.69, 9.17) is 5.73 Å². The number of hydrogen-bond donors (Lipinski definition) is 2. The molecule has 2 aromatic rings. The van der Waals surface area contributed by atoms with Crippen molar-refractivity contribution in [1.29, 1.82) is 0 Å². The van der Waals surface area contributed by atoms with Crippen LogP contribution in [-0.4, -0.2) is 14.9 Å². The Morgan fingerprint density at radius 1 is 1.44 bits per heavy atom. The zero-order chi connectivity index (χ0) is 11.9. The number of phenolic OH excluding ortho intramolecular Hbond substituents is 1. The second-order valence-electron chi connectivity index (χ2n) is 3.69. The first-order chi connectivity index (χ1) is 7.50. The highest BCUT2D eigenvalue weighted by atomic mass is 19.1. The van der Waals surface area contributed by atoms with E-state index < -0.39 is 5.82 Å². The minimum Gasteiger partial charge on any atom is -0.505 e. The van der Waals surface area contributed by atoms with Gasteiger partial charge >= 0.3 is 0 Å². The molecule has 0 saturated carbocycles. The van der Waals surface area contributed by atoms with Gasteiger partial charge in [0, 0.05) is 12.6 Å². The van der Waals surface area contributed by atoms with Crippen molar-refractivity contribution in [3.63, 3.8) is 0 Å². The van der Waals surface area contributed by atoms with E-state index in [-0.39, 0.29) is 5.75 Å². The highest BCUT2D eigenvalue weighted by Gasteiger charge is 2.12. The number of aromatic hydroxyl groups is 1. The van der Waals surface area contributed by atoms with Crippen LogP contribution in [0.15, 0.2) is 18.3 Å². The van der Waals surface area contributed by atoms with Crippen molar-refractivity contribution in [2.75, 3.05) is 5.73 Å². The molecule has 0 aliphatic carbocycles. The average molecular weight is 221 g/mol. The molecule has 0 aliphatic rings. The van der Waals surface area contributed by atoms with Gasteiger partial charge in [0.25, 0.3) is 0 Å². The Bertz CT molecular complexity index is 525. The second-order valence-corrected chi connectivity index (χ2v) is 3.69. The van der Waals surface area contributed by atoms with Gasteiger partial charge in [-0.05, 0) is 30.2 Å². The number of rotatable bonds is 1. The van der Waals surface area contributed by atoms with Gasteiger partial charge in [-0.15, -0.1) is 0 Å². The lowest BCUT2D eigenvalue weighted by Crippen LogP contribution is -1.98. The summed E-state index contributed by atoms with van der Waals surface area (Å²) in [5.41, 5.74) is 7.51. The van der Waals surface area contributed by atoms with Crippen molar-refractivity contribution < 1.29 is 9.50 Å². The lowest BCUT2D eigenvalue weighted by atomic mass is 10.0. The second kappa shape index (κ2) is 3.52. The number of anilines is 1. The molecule has 0 atom stereocenters. The zero-order valence-electron chi connectivity index (χ0n) is 9.03. The number of nitrogens with two attached hydrogens (primary N) is 1. The maximum absolute atomic E-state index is 13.2. The third kappa shape index (κ3) is 1.50. The first-order valence-corrected chi connectivity index (χ1v) is 4.77. The first kappa shape index (κ1) is 10.5. The van der Waals surface area contributed by atoms with Gasteiger partial charge in [0.2, 0.25) is 0 Å². The number of hydrogen-bond acceptors (Lipinski definition) is 3. The third-order valence-electron chi connectivity index (χ3n) is 2.53. The van der Waals surface area contributed by atoms with E-state index in [1.807, 2.05) is 0 Å². The van der Waals surface area contributed by atoms with Crippen molar-refractivity contribution in [3.05, 3.63) is 29.7 Å². The molecule has 0 aliphatic heterocycles. The average Bonchev–Trinajstić information content (AvgIpc) is 2.56. The minimum atomic E-state index is -0.605. The molecule has 5 heteroatoms. The van der Waals surface area contributed by atoms with Crippen LogP contribution in [0.5, 0.6) is 5.75 Å². The molecule has 0 unspecified atom stereocenters. The van der Waals surface area contributed by atoms with Crippen LogP contribution < -0.4 is 5.73 Å². The molecule has 0 spiro atoms. The van der Waals surface area contributed by atoms with Gasteiger partial charge in [0.1, 0.15) is 5.82 Å². The number of nitrogens with zero attached hydrogens (tertiary/aromatic N) is 2. The van der Waals surface area contributed by atoms with Crippen LogP contribution >= 0.6 is 0 Å². The van der Waals surface area contributed by atoms with Crippen LogP contribution in [0.25, 0.3) is 11.1 Å². The fraction of sp³-hybridized carbons (Fsp3) is 0.182. The normalized spacial score (nSPS) is 10.7.